The third kappa shape index (κ3) is 4.30. The minimum Gasteiger partial charge on any atom is -0.468 e. The zero-order valence-electron chi connectivity index (χ0n) is 15.0. The lowest BCUT2D eigenvalue weighted by molar-refractivity contribution is 0.215. The molecule has 0 aromatic carbocycles. The Morgan fingerprint density at radius 2 is 2.12 bits per heavy atom. The van der Waals surface area contributed by atoms with Crippen LogP contribution in [0, 0.1) is 0 Å². The van der Waals surface area contributed by atoms with Crippen LogP contribution in [-0.2, 0) is 0 Å². The molecule has 0 amide bonds. The Balaban J connectivity index is 1.52. The molecular weight excluding hydrogens is 302 g/mol. The molecule has 6 nitrogen and oxygen atoms in total. The average molecular weight is 333 g/mol. The molecule has 0 saturated carbocycles. The first kappa shape index (κ1) is 17.3. The van der Waals surface area contributed by atoms with Crippen LogP contribution in [0.2, 0.25) is 0 Å². The molecule has 6 heteroatoms. The highest BCUT2D eigenvalue weighted by atomic mass is 16.3. The highest BCUT2D eigenvalue weighted by Crippen LogP contribution is 2.24. The normalized spacial score (nSPS) is 24.4. The third-order valence-electron chi connectivity index (χ3n) is 5.32. The smallest absolute Gasteiger partial charge is 0.191 e. The number of furan rings is 1. The molecule has 2 saturated heterocycles. The Hall–Kier alpha value is -1.53. The summed E-state index contributed by atoms with van der Waals surface area (Å²) in [5, 5.41) is 6.97. The second-order valence-electron chi connectivity index (χ2n) is 6.88. The lowest BCUT2D eigenvalue weighted by Gasteiger charge is -2.27. The van der Waals surface area contributed by atoms with Gasteiger partial charge < -0.3 is 20.0 Å². The molecule has 2 aliphatic heterocycles. The van der Waals surface area contributed by atoms with Crippen molar-refractivity contribution in [1.82, 2.24) is 20.4 Å². The van der Waals surface area contributed by atoms with Gasteiger partial charge in [-0.05, 0) is 64.5 Å². The van der Waals surface area contributed by atoms with Crippen LogP contribution < -0.4 is 10.6 Å². The van der Waals surface area contributed by atoms with Crippen LogP contribution in [0.4, 0.5) is 0 Å². The number of likely N-dealkylation sites (N-methyl/N-ethyl adjacent to an activating group) is 1. The quantitative estimate of drug-likeness (QED) is 0.613. The van der Waals surface area contributed by atoms with Gasteiger partial charge in [0.25, 0.3) is 0 Å². The molecule has 0 aliphatic carbocycles. The van der Waals surface area contributed by atoms with Crippen molar-refractivity contribution in [1.29, 1.82) is 0 Å². The summed E-state index contributed by atoms with van der Waals surface area (Å²) >= 11 is 0. The predicted octanol–water partition coefficient (Wildman–Crippen LogP) is 1.68. The fourth-order valence-corrected chi connectivity index (χ4v) is 3.81. The largest absolute Gasteiger partial charge is 0.468 e. The van der Waals surface area contributed by atoms with Crippen molar-refractivity contribution in [2.75, 3.05) is 46.8 Å². The van der Waals surface area contributed by atoms with E-state index in [9.17, 15) is 0 Å². The first-order valence-corrected chi connectivity index (χ1v) is 9.20. The van der Waals surface area contributed by atoms with E-state index >= 15 is 0 Å². The first-order valence-electron chi connectivity index (χ1n) is 9.20. The van der Waals surface area contributed by atoms with Crippen molar-refractivity contribution in [2.45, 2.75) is 37.8 Å². The number of hydrogen-bond donors (Lipinski definition) is 2. The molecule has 3 rings (SSSR count). The number of nitrogens with one attached hydrogen (secondary N) is 2. The van der Waals surface area contributed by atoms with E-state index in [1.807, 2.05) is 13.1 Å². The zero-order chi connectivity index (χ0) is 16.8. The van der Waals surface area contributed by atoms with Crippen LogP contribution in [0.5, 0.6) is 0 Å². The van der Waals surface area contributed by atoms with Gasteiger partial charge in [-0.25, -0.2) is 0 Å². The Bertz CT molecular complexity index is 509. The van der Waals surface area contributed by atoms with Gasteiger partial charge in [-0.2, -0.15) is 0 Å². The van der Waals surface area contributed by atoms with Crippen molar-refractivity contribution in [3.63, 3.8) is 0 Å². The third-order valence-corrected chi connectivity index (χ3v) is 5.32. The molecule has 2 atom stereocenters. The molecular formula is C18H31N5O. The van der Waals surface area contributed by atoms with Crippen LogP contribution >= 0.6 is 0 Å². The monoisotopic (exact) mass is 333 g/mol. The average Bonchev–Trinajstić information content (AvgIpc) is 3.34. The van der Waals surface area contributed by atoms with Crippen molar-refractivity contribution in [3.8, 4) is 0 Å². The molecule has 1 aromatic rings. The van der Waals surface area contributed by atoms with Gasteiger partial charge in [-0.15, -0.1) is 0 Å². The molecule has 0 spiro atoms. The molecule has 3 heterocycles. The van der Waals surface area contributed by atoms with Gasteiger partial charge in [0.05, 0.1) is 12.3 Å². The van der Waals surface area contributed by atoms with Crippen molar-refractivity contribution < 1.29 is 4.42 Å². The second-order valence-corrected chi connectivity index (χ2v) is 6.88. The highest BCUT2D eigenvalue weighted by molar-refractivity contribution is 5.79. The lowest BCUT2D eigenvalue weighted by atomic mass is 10.2. The van der Waals surface area contributed by atoms with Gasteiger partial charge in [0, 0.05) is 26.2 Å². The maximum atomic E-state index is 5.68. The summed E-state index contributed by atoms with van der Waals surface area (Å²) in [5.41, 5.74) is 0. The fraction of sp³-hybridized carbons (Fsp3) is 0.722. The van der Waals surface area contributed by atoms with Crippen LogP contribution in [0.25, 0.3) is 0 Å². The van der Waals surface area contributed by atoms with E-state index in [-0.39, 0.29) is 6.04 Å². The number of nitrogens with zero attached hydrogens (tertiary/aromatic N) is 3. The summed E-state index contributed by atoms with van der Waals surface area (Å²) in [6.45, 7) is 5.25. The number of guanidine groups is 1. The van der Waals surface area contributed by atoms with Crippen molar-refractivity contribution in [3.05, 3.63) is 24.2 Å². The van der Waals surface area contributed by atoms with Crippen LogP contribution in [-0.4, -0.2) is 68.6 Å². The maximum absolute atomic E-state index is 5.68. The molecule has 24 heavy (non-hydrogen) atoms. The summed E-state index contributed by atoms with van der Waals surface area (Å²) in [7, 11) is 4.04. The fourth-order valence-electron chi connectivity index (χ4n) is 3.81. The summed E-state index contributed by atoms with van der Waals surface area (Å²) < 4.78 is 5.68. The van der Waals surface area contributed by atoms with Gasteiger partial charge in [0.1, 0.15) is 5.76 Å². The van der Waals surface area contributed by atoms with Crippen LogP contribution in [0.3, 0.4) is 0 Å². The van der Waals surface area contributed by atoms with E-state index in [1.165, 1.54) is 32.2 Å². The van der Waals surface area contributed by atoms with Gasteiger partial charge in [0.15, 0.2) is 5.96 Å². The molecule has 0 bridgehead atoms. The maximum Gasteiger partial charge on any atom is 0.191 e. The van der Waals surface area contributed by atoms with E-state index in [0.717, 1.165) is 37.9 Å². The van der Waals surface area contributed by atoms with E-state index < -0.39 is 0 Å². The Morgan fingerprint density at radius 1 is 1.29 bits per heavy atom. The minimum absolute atomic E-state index is 0.273. The molecule has 0 radical (unpaired) electrons. The number of likely N-dealkylation sites (tertiary alicyclic amines) is 2. The lowest BCUT2D eigenvalue weighted by Crippen LogP contribution is -2.46. The van der Waals surface area contributed by atoms with E-state index in [1.54, 1.807) is 6.26 Å². The van der Waals surface area contributed by atoms with Gasteiger partial charge in [0.2, 0.25) is 0 Å². The molecule has 134 valence electrons. The molecule has 2 unspecified atom stereocenters. The zero-order valence-corrected chi connectivity index (χ0v) is 15.0. The van der Waals surface area contributed by atoms with Crippen LogP contribution in [0.1, 0.15) is 37.5 Å². The standard InChI is InChI=1S/C18H31N5O/c1-19-18(20-13-15-7-5-9-22(15)2)21-14-16(17-8-6-12-24-17)23-10-3-4-11-23/h6,8,12,15-16H,3-5,7,9-11,13-14H2,1-2H3,(H2,19,20,21). The second kappa shape index (κ2) is 8.53. The van der Waals surface area contributed by atoms with Gasteiger partial charge in [-0.1, -0.05) is 0 Å². The molecule has 1 aromatic heterocycles. The predicted molar refractivity (Wildman–Crippen MR) is 97.3 cm³/mol. The van der Waals surface area contributed by atoms with Crippen LogP contribution in [0.15, 0.2) is 27.8 Å². The van der Waals surface area contributed by atoms with E-state index in [0.29, 0.717) is 6.04 Å². The molecule has 2 fully saturated rings. The Morgan fingerprint density at radius 3 is 2.75 bits per heavy atom. The summed E-state index contributed by atoms with van der Waals surface area (Å²) in [5.74, 6) is 1.92. The molecule has 2 aliphatic rings. The Kier molecular flexibility index (Phi) is 6.15. The summed E-state index contributed by atoms with van der Waals surface area (Å²) in [6, 6.07) is 4.94. The Labute approximate surface area is 145 Å². The minimum atomic E-state index is 0.273. The van der Waals surface area contributed by atoms with Gasteiger partial charge in [-0.3, -0.25) is 9.89 Å². The van der Waals surface area contributed by atoms with Crippen molar-refractivity contribution in [2.24, 2.45) is 4.99 Å². The van der Waals surface area contributed by atoms with Gasteiger partial charge >= 0.3 is 0 Å². The number of hydrogen-bond acceptors (Lipinski definition) is 4. The van der Waals surface area contributed by atoms with E-state index in [2.05, 4.69) is 38.5 Å². The number of rotatable bonds is 6. The summed E-state index contributed by atoms with van der Waals surface area (Å²) in [4.78, 5) is 9.31. The van der Waals surface area contributed by atoms with E-state index in [4.69, 9.17) is 4.42 Å². The number of aliphatic imine (C=N–C) groups is 1. The highest BCUT2D eigenvalue weighted by Gasteiger charge is 2.26. The topological polar surface area (TPSA) is 56.0 Å². The molecule has 2 N–H and O–H groups in total. The van der Waals surface area contributed by atoms with Crippen molar-refractivity contribution >= 4 is 5.96 Å². The first-order chi connectivity index (χ1) is 11.8. The summed E-state index contributed by atoms with van der Waals surface area (Å²) in [6.07, 6.45) is 6.88. The SMILES string of the molecule is CN=C(NCC1CCCN1C)NCC(c1ccco1)N1CCCC1.